The molecule has 2 fully saturated rings. The fourth-order valence-corrected chi connectivity index (χ4v) is 5.21. The maximum atomic E-state index is 12.6. The van der Waals surface area contributed by atoms with Crippen LogP contribution in [0.2, 0.25) is 0 Å². The van der Waals surface area contributed by atoms with E-state index in [1.807, 2.05) is 0 Å². The number of hydrogen-bond donors (Lipinski definition) is 1. The van der Waals surface area contributed by atoms with Crippen LogP contribution in [-0.4, -0.2) is 57.2 Å². The Morgan fingerprint density at radius 3 is 2.92 bits per heavy atom. The van der Waals surface area contributed by atoms with Crippen molar-refractivity contribution >= 4 is 15.9 Å². The van der Waals surface area contributed by atoms with Gasteiger partial charge >= 0.3 is 0 Å². The highest BCUT2D eigenvalue weighted by atomic mass is 32.2. The number of furan rings is 1. The van der Waals surface area contributed by atoms with E-state index in [9.17, 15) is 13.2 Å². The summed E-state index contributed by atoms with van der Waals surface area (Å²) < 4.78 is 37.1. The van der Waals surface area contributed by atoms with E-state index in [4.69, 9.17) is 9.15 Å². The molecule has 24 heavy (non-hydrogen) atoms. The second-order valence-corrected chi connectivity index (χ2v) is 8.58. The summed E-state index contributed by atoms with van der Waals surface area (Å²) >= 11 is 0. The summed E-state index contributed by atoms with van der Waals surface area (Å²) in [6.45, 7) is 2.68. The van der Waals surface area contributed by atoms with Gasteiger partial charge in [-0.15, -0.1) is 0 Å². The van der Waals surface area contributed by atoms with Crippen LogP contribution >= 0.6 is 0 Å². The first kappa shape index (κ1) is 17.4. The second kappa shape index (κ2) is 7.67. The lowest BCUT2D eigenvalue weighted by atomic mass is 10.00. The minimum absolute atomic E-state index is 0.106. The van der Waals surface area contributed by atoms with Crippen molar-refractivity contribution < 1.29 is 22.4 Å². The van der Waals surface area contributed by atoms with Crippen LogP contribution in [-0.2, 0) is 14.8 Å². The molecule has 1 amide bonds. The van der Waals surface area contributed by atoms with Crippen LogP contribution in [0, 0.1) is 11.8 Å². The van der Waals surface area contributed by atoms with E-state index < -0.39 is 10.0 Å². The number of hydrogen-bond acceptors (Lipinski definition) is 5. The molecular weight excluding hydrogens is 332 g/mol. The summed E-state index contributed by atoms with van der Waals surface area (Å²) in [5, 5.41) is 2.83. The van der Waals surface area contributed by atoms with Gasteiger partial charge in [0, 0.05) is 26.2 Å². The normalized spacial score (nSPS) is 25.7. The lowest BCUT2D eigenvalue weighted by molar-refractivity contribution is 0.0913. The van der Waals surface area contributed by atoms with Crippen molar-refractivity contribution in [2.24, 2.45) is 11.8 Å². The van der Waals surface area contributed by atoms with Crippen molar-refractivity contribution in [2.45, 2.75) is 19.3 Å². The summed E-state index contributed by atoms with van der Waals surface area (Å²) in [7, 11) is -3.26. The lowest BCUT2D eigenvalue weighted by Crippen LogP contribution is -2.45. The summed E-state index contributed by atoms with van der Waals surface area (Å²) in [4.78, 5) is 11.9. The molecular formula is C16H24N2O5S. The molecule has 1 N–H and O–H groups in total. The molecule has 3 rings (SSSR count). The van der Waals surface area contributed by atoms with Crippen molar-refractivity contribution in [3.05, 3.63) is 24.2 Å². The molecule has 0 aliphatic carbocycles. The van der Waals surface area contributed by atoms with Crippen molar-refractivity contribution in [2.75, 3.05) is 38.6 Å². The van der Waals surface area contributed by atoms with Gasteiger partial charge in [-0.3, -0.25) is 4.79 Å². The highest BCUT2D eigenvalue weighted by Gasteiger charge is 2.32. The molecule has 0 aromatic carbocycles. The van der Waals surface area contributed by atoms with E-state index in [1.165, 1.54) is 6.26 Å². The predicted octanol–water partition coefficient (Wildman–Crippen LogP) is 1.09. The SMILES string of the molecule is O=C(NCC1CCCN(S(=O)(=O)CC2CCOC2)C1)c1ccco1. The number of sulfonamides is 1. The molecule has 1 aromatic heterocycles. The van der Waals surface area contributed by atoms with Gasteiger partial charge < -0.3 is 14.5 Å². The summed E-state index contributed by atoms with van der Waals surface area (Å²) in [6, 6.07) is 3.27. The molecule has 2 aliphatic heterocycles. The fraction of sp³-hybridized carbons (Fsp3) is 0.688. The second-order valence-electron chi connectivity index (χ2n) is 6.56. The van der Waals surface area contributed by atoms with E-state index in [0.717, 1.165) is 19.3 Å². The maximum absolute atomic E-state index is 12.6. The molecule has 2 atom stereocenters. The van der Waals surface area contributed by atoms with Crippen LogP contribution in [0.25, 0.3) is 0 Å². The number of rotatable bonds is 6. The number of carbonyl (C=O) groups is 1. The molecule has 2 saturated heterocycles. The number of amides is 1. The van der Waals surface area contributed by atoms with Gasteiger partial charge in [0.25, 0.3) is 5.91 Å². The Hall–Kier alpha value is -1.38. The van der Waals surface area contributed by atoms with Gasteiger partial charge in [-0.1, -0.05) is 0 Å². The minimum atomic E-state index is -3.26. The zero-order valence-corrected chi connectivity index (χ0v) is 14.5. The van der Waals surface area contributed by atoms with E-state index in [0.29, 0.717) is 32.8 Å². The summed E-state index contributed by atoms with van der Waals surface area (Å²) in [5.74, 6) is 0.416. The van der Waals surface area contributed by atoms with Crippen LogP contribution in [0.5, 0.6) is 0 Å². The van der Waals surface area contributed by atoms with Crippen LogP contribution in [0.3, 0.4) is 0 Å². The molecule has 2 aliphatic rings. The topological polar surface area (TPSA) is 88.9 Å². The molecule has 2 unspecified atom stereocenters. The Labute approximate surface area is 142 Å². The molecule has 8 heteroatoms. The monoisotopic (exact) mass is 356 g/mol. The molecule has 0 saturated carbocycles. The number of carbonyl (C=O) groups excluding carboxylic acids is 1. The van der Waals surface area contributed by atoms with E-state index in [1.54, 1.807) is 16.4 Å². The minimum Gasteiger partial charge on any atom is -0.459 e. The van der Waals surface area contributed by atoms with E-state index in [-0.39, 0.29) is 29.3 Å². The molecule has 0 radical (unpaired) electrons. The van der Waals surface area contributed by atoms with Crippen molar-refractivity contribution in [3.63, 3.8) is 0 Å². The number of ether oxygens (including phenoxy) is 1. The largest absolute Gasteiger partial charge is 0.459 e. The van der Waals surface area contributed by atoms with Gasteiger partial charge in [0.15, 0.2) is 5.76 Å². The third-order valence-corrected chi connectivity index (χ3v) is 6.65. The third kappa shape index (κ3) is 4.37. The van der Waals surface area contributed by atoms with Crippen molar-refractivity contribution in [3.8, 4) is 0 Å². The number of nitrogens with zero attached hydrogens (tertiary/aromatic N) is 1. The Kier molecular flexibility index (Phi) is 5.57. The Morgan fingerprint density at radius 2 is 2.21 bits per heavy atom. The van der Waals surface area contributed by atoms with E-state index in [2.05, 4.69) is 5.32 Å². The van der Waals surface area contributed by atoms with Crippen LogP contribution in [0.4, 0.5) is 0 Å². The highest BCUT2D eigenvalue weighted by molar-refractivity contribution is 7.89. The predicted molar refractivity (Wildman–Crippen MR) is 88.1 cm³/mol. The third-order valence-electron chi connectivity index (χ3n) is 4.64. The molecule has 1 aromatic rings. The zero-order valence-electron chi connectivity index (χ0n) is 13.6. The van der Waals surface area contributed by atoms with Crippen molar-refractivity contribution in [1.29, 1.82) is 0 Å². The van der Waals surface area contributed by atoms with Crippen LogP contribution in [0.15, 0.2) is 22.8 Å². The Morgan fingerprint density at radius 1 is 1.33 bits per heavy atom. The van der Waals surface area contributed by atoms with Gasteiger partial charge in [0.2, 0.25) is 10.0 Å². The van der Waals surface area contributed by atoms with Crippen LogP contribution < -0.4 is 5.32 Å². The molecule has 134 valence electrons. The number of nitrogens with one attached hydrogen (secondary N) is 1. The standard InChI is InChI=1S/C16H24N2O5S/c19-16(15-4-2-7-23-15)17-9-13-3-1-6-18(10-13)24(20,21)12-14-5-8-22-11-14/h2,4,7,13-14H,1,3,5-6,8-12H2,(H,17,19). The van der Waals surface area contributed by atoms with Gasteiger partial charge in [-0.25, -0.2) is 12.7 Å². The molecule has 7 nitrogen and oxygen atoms in total. The van der Waals surface area contributed by atoms with Gasteiger partial charge in [-0.2, -0.15) is 0 Å². The van der Waals surface area contributed by atoms with E-state index >= 15 is 0 Å². The molecule has 0 spiro atoms. The van der Waals surface area contributed by atoms with Gasteiger partial charge in [-0.05, 0) is 43.2 Å². The summed E-state index contributed by atoms with van der Waals surface area (Å²) in [5.41, 5.74) is 0. The van der Waals surface area contributed by atoms with Gasteiger partial charge in [0.1, 0.15) is 0 Å². The van der Waals surface area contributed by atoms with Crippen LogP contribution in [0.1, 0.15) is 29.8 Å². The smallest absolute Gasteiger partial charge is 0.286 e. The first-order valence-electron chi connectivity index (χ1n) is 8.42. The lowest BCUT2D eigenvalue weighted by Gasteiger charge is -2.32. The Balaban J connectivity index is 1.51. The quantitative estimate of drug-likeness (QED) is 0.824. The summed E-state index contributed by atoms with van der Waals surface area (Å²) in [6.07, 6.45) is 4.00. The highest BCUT2D eigenvalue weighted by Crippen LogP contribution is 2.22. The number of piperidine rings is 1. The fourth-order valence-electron chi connectivity index (χ4n) is 3.30. The van der Waals surface area contributed by atoms with Crippen molar-refractivity contribution in [1.82, 2.24) is 9.62 Å². The average Bonchev–Trinajstić information content (AvgIpc) is 3.26. The van der Waals surface area contributed by atoms with Gasteiger partial charge in [0.05, 0.1) is 18.6 Å². The molecule has 0 bridgehead atoms. The average molecular weight is 356 g/mol. The first-order chi connectivity index (χ1) is 11.5. The first-order valence-corrected chi connectivity index (χ1v) is 10.0. The Bertz CT molecular complexity index is 637. The zero-order chi connectivity index (χ0) is 17.0. The maximum Gasteiger partial charge on any atom is 0.286 e. The molecule has 3 heterocycles.